The number of hydrogen-bond acceptors (Lipinski definition) is 3. The number of halogens is 1. The molecule has 1 heterocycles. The number of benzene rings is 1. The third-order valence-electron chi connectivity index (χ3n) is 3.81. The van der Waals surface area contributed by atoms with Crippen LogP contribution in [0.3, 0.4) is 0 Å². The molecule has 0 aliphatic carbocycles. The minimum atomic E-state index is -3.34. The van der Waals surface area contributed by atoms with Crippen LogP contribution < -0.4 is 0 Å². The molecule has 1 atom stereocenters. The van der Waals surface area contributed by atoms with Crippen LogP contribution in [0.5, 0.6) is 0 Å². The van der Waals surface area contributed by atoms with Crippen molar-refractivity contribution in [3.05, 3.63) is 34.9 Å². The highest BCUT2D eigenvalue weighted by molar-refractivity contribution is 7.88. The lowest BCUT2D eigenvalue weighted by atomic mass is 10.1. The zero-order chi connectivity index (χ0) is 15.3. The summed E-state index contributed by atoms with van der Waals surface area (Å²) in [5.41, 5.74) is 0.639. The highest BCUT2D eigenvalue weighted by Crippen LogP contribution is 2.20. The highest BCUT2D eigenvalue weighted by Gasteiger charge is 2.22. The maximum atomic E-state index is 12.4. The number of rotatable bonds is 6. The van der Waals surface area contributed by atoms with Crippen LogP contribution in [0.15, 0.2) is 24.3 Å². The van der Waals surface area contributed by atoms with Crippen molar-refractivity contribution < 1.29 is 13.2 Å². The molecule has 0 spiro atoms. The van der Waals surface area contributed by atoms with Gasteiger partial charge < -0.3 is 4.74 Å². The van der Waals surface area contributed by atoms with Crippen LogP contribution in [0.4, 0.5) is 0 Å². The van der Waals surface area contributed by atoms with E-state index in [9.17, 15) is 8.42 Å². The van der Waals surface area contributed by atoms with E-state index in [1.165, 1.54) is 10.7 Å². The molecule has 0 N–H and O–H groups in total. The first kappa shape index (κ1) is 16.7. The van der Waals surface area contributed by atoms with Gasteiger partial charge in [-0.3, -0.25) is 0 Å². The zero-order valence-corrected chi connectivity index (χ0v) is 13.9. The summed E-state index contributed by atoms with van der Waals surface area (Å²) in [6.45, 7) is 1.28. The van der Waals surface area contributed by atoms with Gasteiger partial charge in [0.2, 0.25) is 10.0 Å². The number of hydrogen-bond donors (Lipinski definition) is 0. The van der Waals surface area contributed by atoms with Gasteiger partial charge in [0.05, 0.1) is 11.9 Å². The average molecular weight is 332 g/mol. The molecule has 0 aromatic heterocycles. The molecule has 0 amide bonds. The lowest BCUT2D eigenvalue weighted by molar-refractivity contribution is 0.00950. The third-order valence-corrected chi connectivity index (χ3v) is 5.99. The monoisotopic (exact) mass is 331 g/mol. The molecule has 6 heteroatoms. The van der Waals surface area contributed by atoms with E-state index < -0.39 is 10.0 Å². The van der Waals surface area contributed by atoms with Crippen molar-refractivity contribution in [2.24, 2.45) is 0 Å². The van der Waals surface area contributed by atoms with Gasteiger partial charge in [-0.2, -0.15) is 0 Å². The first-order valence-electron chi connectivity index (χ1n) is 7.28. The molecule has 4 nitrogen and oxygen atoms in total. The van der Waals surface area contributed by atoms with E-state index in [1.54, 1.807) is 31.3 Å². The summed E-state index contributed by atoms with van der Waals surface area (Å²) in [6.07, 6.45) is 4.24. The van der Waals surface area contributed by atoms with Crippen molar-refractivity contribution in [1.82, 2.24) is 4.31 Å². The van der Waals surface area contributed by atoms with Crippen LogP contribution in [-0.2, 0) is 20.5 Å². The fourth-order valence-electron chi connectivity index (χ4n) is 2.42. The Hall–Kier alpha value is -0.620. The van der Waals surface area contributed by atoms with Gasteiger partial charge in [-0.25, -0.2) is 12.7 Å². The summed E-state index contributed by atoms with van der Waals surface area (Å²) in [6, 6.07) is 7.05. The standard InChI is InChI=1S/C15H22ClNO3S/c1-17(10-9-14-7-4-5-11-20-14)21(18,19)12-13-6-2-3-8-15(13)16/h2-3,6,8,14H,4-5,7,9-12H2,1H3. The first-order valence-corrected chi connectivity index (χ1v) is 9.27. The smallest absolute Gasteiger partial charge is 0.218 e. The van der Waals surface area contributed by atoms with Gasteiger partial charge >= 0.3 is 0 Å². The largest absolute Gasteiger partial charge is 0.378 e. The molecule has 21 heavy (non-hydrogen) atoms. The van der Waals surface area contributed by atoms with Gasteiger partial charge in [-0.05, 0) is 37.3 Å². The second-order valence-electron chi connectivity index (χ2n) is 5.45. The highest BCUT2D eigenvalue weighted by atomic mass is 35.5. The van der Waals surface area contributed by atoms with E-state index in [0.29, 0.717) is 17.1 Å². The Morgan fingerprint density at radius 3 is 2.76 bits per heavy atom. The van der Waals surface area contributed by atoms with E-state index in [1.807, 2.05) is 0 Å². The zero-order valence-electron chi connectivity index (χ0n) is 12.3. The molecule has 0 saturated carbocycles. The minimum absolute atomic E-state index is 0.0608. The quantitative estimate of drug-likeness (QED) is 0.804. The molecule has 1 saturated heterocycles. The Bertz CT molecular complexity index is 556. The normalized spacial score (nSPS) is 19.9. The fourth-order valence-corrected chi connectivity index (χ4v) is 3.95. The van der Waals surface area contributed by atoms with E-state index >= 15 is 0 Å². The second kappa shape index (κ2) is 7.58. The molecule has 1 unspecified atom stereocenters. The predicted octanol–water partition coefficient (Wildman–Crippen LogP) is 3.06. The van der Waals surface area contributed by atoms with E-state index in [-0.39, 0.29) is 11.9 Å². The Balaban J connectivity index is 1.90. The van der Waals surface area contributed by atoms with Crippen LogP contribution in [0.25, 0.3) is 0 Å². The predicted molar refractivity (Wildman–Crippen MR) is 84.9 cm³/mol. The Labute approximate surface area is 132 Å². The maximum absolute atomic E-state index is 12.4. The van der Waals surface area contributed by atoms with Crippen LogP contribution in [0.2, 0.25) is 5.02 Å². The van der Waals surface area contributed by atoms with Crippen LogP contribution in [-0.4, -0.2) is 39.0 Å². The number of nitrogens with zero attached hydrogens (tertiary/aromatic N) is 1. The Kier molecular flexibility index (Phi) is 6.05. The van der Waals surface area contributed by atoms with Gasteiger partial charge in [0.25, 0.3) is 0 Å². The number of sulfonamides is 1. The van der Waals surface area contributed by atoms with E-state index in [2.05, 4.69) is 0 Å². The van der Waals surface area contributed by atoms with Crippen molar-refractivity contribution in [2.45, 2.75) is 37.5 Å². The van der Waals surface area contributed by atoms with Gasteiger partial charge in [-0.15, -0.1) is 0 Å². The van der Waals surface area contributed by atoms with Crippen molar-refractivity contribution >= 4 is 21.6 Å². The molecular formula is C15H22ClNO3S. The number of ether oxygens (including phenoxy) is 1. The summed E-state index contributed by atoms with van der Waals surface area (Å²) in [7, 11) is -1.72. The van der Waals surface area contributed by atoms with Crippen LogP contribution >= 0.6 is 11.6 Å². The topological polar surface area (TPSA) is 46.6 Å². The molecule has 0 bridgehead atoms. The van der Waals surface area contributed by atoms with Crippen molar-refractivity contribution in [2.75, 3.05) is 20.2 Å². The third kappa shape index (κ3) is 4.95. The lowest BCUT2D eigenvalue weighted by Crippen LogP contribution is -2.32. The molecule has 1 aliphatic rings. The second-order valence-corrected chi connectivity index (χ2v) is 7.93. The van der Waals surface area contributed by atoms with Gasteiger partial charge in [-0.1, -0.05) is 29.8 Å². The van der Waals surface area contributed by atoms with Crippen LogP contribution in [0.1, 0.15) is 31.2 Å². The summed E-state index contributed by atoms with van der Waals surface area (Å²) >= 11 is 6.03. The molecule has 118 valence electrons. The Morgan fingerprint density at radius 1 is 1.33 bits per heavy atom. The molecule has 1 fully saturated rings. The van der Waals surface area contributed by atoms with Crippen molar-refractivity contribution in [1.29, 1.82) is 0 Å². The summed E-state index contributed by atoms with van der Waals surface area (Å²) < 4.78 is 31.7. The molecule has 1 aromatic carbocycles. The molecular weight excluding hydrogens is 310 g/mol. The molecule has 1 aliphatic heterocycles. The first-order chi connectivity index (χ1) is 9.99. The fraction of sp³-hybridized carbons (Fsp3) is 0.600. The van der Waals surface area contributed by atoms with E-state index in [4.69, 9.17) is 16.3 Å². The molecule has 0 radical (unpaired) electrons. The SMILES string of the molecule is CN(CCC1CCCCO1)S(=O)(=O)Cc1ccccc1Cl. The molecule has 1 aromatic rings. The average Bonchev–Trinajstić information content (AvgIpc) is 2.48. The summed E-state index contributed by atoms with van der Waals surface area (Å²) in [4.78, 5) is 0. The minimum Gasteiger partial charge on any atom is -0.378 e. The van der Waals surface area contributed by atoms with Crippen LogP contribution in [0, 0.1) is 0 Å². The Morgan fingerprint density at radius 2 is 2.10 bits per heavy atom. The molecule has 2 rings (SSSR count). The maximum Gasteiger partial charge on any atom is 0.218 e. The van der Waals surface area contributed by atoms with Gasteiger partial charge in [0, 0.05) is 25.2 Å². The van der Waals surface area contributed by atoms with Crippen molar-refractivity contribution in [3.63, 3.8) is 0 Å². The van der Waals surface area contributed by atoms with Crippen molar-refractivity contribution in [3.8, 4) is 0 Å². The van der Waals surface area contributed by atoms with Gasteiger partial charge in [0.15, 0.2) is 0 Å². The van der Waals surface area contributed by atoms with E-state index in [0.717, 1.165) is 25.9 Å². The summed E-state index contributed by atoms with van der Waals surface area (Å²) in [5.74, 6) is -0.0608. The summed E-state index contributed by atoms with van der Waals surface area (Å²) in [5, 5.41) is 0.491. The van der Waals surface area contributed by atoms with Gasteiger partial charge in [0.1, 0.15) is 0 Å². The lowest BCUT2D eigenvalue weighted by Gasteiger charge is -2.25.